The molecule has 2 unspecified atom stereocenters. The molecule has 5 heteroatoms. The molecule has 0 aromatic heterocycles. The van der Waals surface area contributed by atoms with Crippen molar-refractivity contribution in [2.24, 2.45) is 5.92 Å². The molecule has 5 nitrogen and oxygen atoms in total. The standard InChI is InChI=1S/C52H103N3O2/c1-5-9-12-14-16-18-20-22-24-26-28-30-32-34-36-39-44-53-52(57)51(49(8-4)42-11-7-3)55(48-47-54-45-40-37-41-46-54)50(56)43-38-35-33-31-29-27-25-23-21-19-17-15-13-10-6-2/h49,51H,5-48H2,1-4H3,(H,53,57). The maximum absolute atomic E-state index is 14.2. The van der Waals surface area contributed by atoms with E-state index in [1.807, 2.05) is 0 Å². The van der Waals surface area contributed by atoms with Gasteiger partial charge in [-0.2, -0.15) is 0 Å². The van der Waals surface area contributed by atoms with Gasteiger partial charge in [-0.1, -0.05) is 240 Å². The second-order valence-electron chi connectivity index (χ2n) is 18.5. The lowest BCUT2D eigenvalue weighted by atomic mass is 9.89. The third-order valence-corrected chi connectivity index (χ3v) is 13.3. The zero-order valence-corrected chi connectivity index (χ0v) is 39.5. The van der Waals surface area contributed by atoms with Gasteiger partial charge in [-0.3, -0.25) is 9.59 Å². The number of likely N-dealkylation sites (tertiary alicyclic amines) is 1. The van der Waals surface area contributed by atoms with Crippen LogP contribution in [0.5, 0.6) is 0 Å². The summed E-state index contributed by atoms with van der Waals surface area (Å²) in [6, 6.07) is -0.337. The van der Waals surface area contributed by atoms with Crippen molar-refractivity contribution in [2.75, 3.05) is 32.7 Å². The lowest BCUT2D eigenvalue weighted by molar-refractivity contribution is -0.143. The summed E-state index contributed by atoms with van der Waals surface area (Å²) < 4.78 is 0. The molecule has 2 atom stereocenters. The van der Waals surface area contributed by atoms with E-state index in [4.69, 9.17) is 0 Å². The number of amides is 2. The number of hydrogen-bond acceptors (Lipinski definition) is 3. The van der Waals surface area contributed by atoms with Gasteiger partial charge in [-0.05, 0) is 51.1 Å². The molecule has 0 aliphatic carbocycles. The Kier molecular flexibility index (Phi) is 39.4. The van der Waals surface area contributed by atoms with E-state index in [9.17, 15) is 9.59 Å². The average molecular weight is 802 g/mol. The van der Waals surface area contributed by atoms with E-state index < -0.39 is 0 Å². The number of unbranched alkanes of at least 4 members (excludes halogenated alkanes) is 30. The van der Waals surface area contributed by atoms with E-state index in [2.05, 4.69) is 42.8 Å². The van der Waals surface area contributed by atoms with E-state index in [-0.39, 0.29) is 23.8 Å². The Hall–Kier alpha value is -1.10. The molecule has 0 spiro atoms. The minimum atomic E-state index is -0.337. The highest BCUT2D eigenvalue weighted by Gasteiger charge is 2.35. The topological polar surface area (TPSA) is 52.7 Å². The SMILES string of the molecule is CCCCCCCCCCCCCCCCCCNC(=O)C(C(CC)CCCC)N(CCN1CCCCC1)C(=O)CCCCCCCCCCCCCCCCC. The second-order valence-corrected chi connectivity index (χ2v) is 18.5. The fraction of sp³-hybridized carbons (Fsp3) is 0.962. The van der Waals surface area contributed by atoms with Crippen LogP contribution in [-0.4, -0.2) is 60.4 Å². The van der Waals surface area contributed by atoms with Crippen molar-refractivity contribution >= 4 is 11.8 Å². The maximum Gasteiger partial charge on any atom is 0.243 e. The molecule has 0 bridgehead atoms. The molecule has 2 amide bonds. The molecule has 1 rings (SSSR count). The summed E-state index contributed by atoms with van der Waals surface area (Å²) in [7, 11) is 0. The van der Waals surface area contributed by atoms with E-state index in [1.165, 1.54) is 199 Å². The Morgan fingerprint density at radius 3 is 1.28 bits per heavy atom. The number of carbonyl (C=O) groups is 2. The molecule has 0 aromatic carbocycles. The third kappa shape index (κ3) is 31.4. The van der Waals surface area contributed by atoms with Crippen molar-refractivity contribution in [2.45, 2.75) is 284 Å². The molecule has 1 aliphatic rings. The largest absolute Gasteiger partial charge is 0.354 e. The number of carbonyl (C=O) groups excluding carboxylic acids is 2. The maximum atomic E-state index is 14.2. The van der Waals surface area contributed by atoms with Crippen LogP contribution in [0.4, 0.5) is 0 Å². The normalized spacial score (nSPS) is 14.5. The second kappa shape index (κ2) is 41.6. The summed E-state index contributed by atoms with van der Waals surface area (Å²) in [5.41, 5.74) is 0. The number of hydrogen-bond donors (Lipinski definition) is 1. The Balaban J connectivity index is 2.50. The van der Waals surface area contributed by atoms with Crippen molar-refractivity contribution in [3.05, 3.63) is 0 Å². The Labute approximate surface area is 358 Å². The van der Waals surface area contributed by atoms with Crippen molar-refractivity contribution in [1.82, 2.24) is 15.1 Å². The predicted molar refractivity (Wildman–Crippen MR) is 251 cm³/mol. The molecule has 0 radical (unpaired) electrons. The molecule has 338 valence electrons. The molecule has 0 saturated carbocycles. The average Bonchev–Trinajstić information content (AvgIpc) is 3.23. The van der Waals surface area contributed by atoms with Gasteiger partial charge in [-0.15, -0.1) is 0 Å². The van der Waals surface area contributed by atoms with Crippen LogP contribution < -0.4 is 5.32 Å². The zero-order chi connectivity index (χ0) is 41.3. The summed E-state index contributed by atoms with van der Waals surface area (Å²) in [6.45, 7) is 13.7. The fourth-order valence-corrected chi connectivity index (χ4v) is 9.29. The molecular formula is C52H103N3O2. The summed E-state index contributed by atoms with van der Waals surface area (Å²) in [6.07, 6.45) is 50.3. The summed E-state index contributed by atoms with van der Waals surface area (Å²) >= 11 is 0. The van der Waals surface area contributed by atoms with Crippen LogP contribution >= 0.6 is 0 Å². The Morgan fingerprint density at radius 1 is 0.491 bits per heavy atom. The third-order valence-electron chi connectivity index (χ3n) is 13.3. The lowest BCUT2D eigenvalue weighted by Crippen LogP contribution is -2.55. The van der Waals surface area contributed by atoms with Crippen LogP contribution in [0.1, 0.15) is 278 Å². The first-order valence-corrected chi connectivity index (χ1v) is 26.4. The highest BCUT2D eigenvalue weighted by molar-refractivity contribution is 5.88. The Bertz CT molecular complexity index is 858. The first kappa shape index (κ1) is 53.9. The van der Waals surface area contributed by atoms with Gasteiger partial charge in [0.05, 0.1) is 0 Å². The van der Waals surface area contributed by atoms with Gasteiger partial charge >= 0.3 is 0 Å². The molecule has 1 aliphatic heterocycles. The van der Waals surface area contributed by atoms with Crippen LogP contribution in [0.3, 0.4) is 0 Å². The minimum absolute atomic E-state index is 0.113. The molecule has 0 aromatic rings. The Morgan fingerprint density at radius 2 is 0.877 bits per heavy atom. The van der Waals surface area contributed by atoms with Crippen LogP contribution in [0, 0.1) is 5.92 Å². The van der Waals surface area contributed by atoms with Gasteiger partial charge in [0, 0.05) is 26.1 Å². The van der Waals surface area contributed by atoms with Gasteiger partial charge in [0.25, 0.3) is 0 Å². The quantitative estimate of drug-likeness (QED) is 0.0625. The van der Waals surface area contributed by atoms with Crippen LogP contribution in [0.25, 0.3) is 0 Å². The van der Waals surface area contributed by atoms with Crippen molar-refractivity contribution in [3.63, 3.8) is 0 Å². The molecule has 1 N–H and O–H groups in total. The van der Waals surface area contributed by atoms with Crippen LogP contribution in [-0.2, 0) is 9.59 Å². The first-order chi connectivity index (χ1) is 28.1. The van der Waals surface area contributed by atoms with Gasteiger partial charge in [0.1, 0.15) is 6.04 Å². The van der Waals surface area contributed by atoms with Gasteiger partial charge < -0.3 is 15.1 Å². The molecule has 1 heterocycles. The highest BCUT2D eigenvalue weighted by Crippen LogP contribution is 2.25. The molecule has 57 heavy (non-hydrogen) atoms. The van der Waals surface area contributed by atoms with E-state index in [0.717, 1.165) is 71.1 Å². The monoisotopic (exact) mass is 802 g/mol. The van der Waals surface area contributed by atoms with E-state index in [0.29, 0.717) is 13.0 Å². The van der Waals surface area contributed by atoms with Crippen molar-refractivity contribution in [3.8, 4) is 0 Å². The highest BCUT2D eigenvalue weighted by atomic mass is 16.2. The smallest absolute Gasteiger partial charge is 0.243 e. The fourth-order valence-electron chi connectivity index (χ4n) is 9.29. The number of nitrogens with one attached hydrogen (secondary N) is 1. The number of rotatable bonds is 43. The molecule has 1 fully saturated rings. The van der Waals surface area contributed by atoms with Gasteiger partial charge in [0.15, 0.2) is 0 Å². The predicted octanol–water partition coefficient (Wildman–Crippen LogP) is 15.5. The van der Waals surface area contributed by atoms with Crippen LogP contribution in [0.2, 0.25) is 0 Å². The number of nitrogens with zero attached hydrogens (tertiary/aromatic N) is 2. The van der Waals surface area contributed by atoms with Crippen LogP contribution in [0.15, 0.2) is 0 Å². The first-order valence-electron chi connectivity index (χ1n) is 26.4. The molecule has 1 saturated heterocycles. The van der Waals surface area contributed by atoms with Gasteiger partial charge in [0.2, 0.25) is 11.8 Å². The van der Waals surface area contributed by atoms with Crippen molar-refractivity contribution in [1.29, 1.82) is 0 Å². The van der Waals surface area contributed by atoms with Gasteiger partial charge in [-0.25, -0.2) is 0 Å². The van der Waals surface area contributed by atoms with E-state index >= 15 is 0 Å². The van der Waals surface area contributed by atoms with Crippen molar-refractivity contribution < 1.29 is 9.59 Å². The zero-order valence-electron chi connectivity index (χ0n) is 39.5. The summed E-state index contributed by atoms with van der Waals surface area (Å²) in [5.74, 6) is 0.559. The summed E-state index contributed by atoms with van der Waals surface area (Å²) in [4.78, 5) is 32.9. The van der Waals surface area contributed by atoms with E-state index in [1.54, 1.807) is 0 Å². The lowest BCUT2D eigenvalue weighted by Gasteiger charge is -2.38. The number of piperidine rings is 1. The minimum Gasteiger partial charge on any atom is -0.354 e. The molecular weight excluding hydrogens is 699 g/mol. The summed E-state index contributed by atoms with van der Waals surface area (Å²) in [5, 5.41) is 3.37.